The molecule has 1 aromatic carbocycles. The molecule has 1 saturated heterocycles. The van der Waals surface area contributed by atoms with Gasteiger partial charge >= 0.3 is 0 Å². The number of amides is 2. The molecule has 1 aromatic heterocycles. The highest BCUT2D eigenvalue weighted by Crippen LogP contribution is 2.33. The number of rotatable bonds is 3. The second-order valence-electron chi connectivity index (χ2n) is 6.69. The van der Waals surface area contributed by atoms with Crippen molar-refractivity contribution in [2.75, 3.05) is 5.32 Å². The van der Waals surface area contributed by atoms with Gasteiger partial charge in [0.15, 0.2) is 5.13 Å². The van der Waals surface area contributed by atoms with Crippen LogP contribution in [-0.2, 0) is 22.4 Å². The van der Waals surface area contributed by atoms with E-state index in [1.165, 1.54) is 35.3 Å². The largest absolute Gasteiger partial charge is 0.353 e. The summed E-state index contributed by atoms with van der Waals surface area (Å²) in [6, 6.07) is 4.28. The van der Waals surface area contributed by atoms with Crippen LogP contribution in [0.15, 0.2) is 12.1 Å². The number of benzene rings is 1. The molecule has 2 aromatic rings. The van der Waals surface area contributed by atoms with E-state index >= 15 is 0 Å². The van der Waals surface area contributed by atoms with E-state index in [1.54, 1.807) is 0 Å². The summed E-state index contributed by atoms with van der Waals surface area (Å²) in [5.74, 6) is -0.0270. The number of aryl methyl sites for hydroxylation is 2. The molecule has 0 radical (unpaired) electrons. The fourth-order valence-corrected chi connectivity index (χ4v) is 4.61. The minimum Gasteiger partial charge on any atom is -0.353 e. The van der Waals surface area contributed by atoms with Crippen molar-refractivity contribution in [2.45, 2.75) is 57.4 Å². The van der Waals surface area contributed by atoms with Gasteiger partial charge in [0.1, 0.15) is 0 Å². The molecule has 1 aliphatic heterocycles. The number of aromatic nitrogens is 1. The summed E-state index contributed by atoms with van der Waals surface area (Å²) in [6.07, 6.45) is 7.29. The Hall–Kier alpha value is -1.95. The number of fused-ring (bicyclic) bond motifs is 3. The van der Waals surface area contributed by atoms with Crippen LogP contribution in [0.2, 0.25) is 0 Å². The van der Waals surface area contributed by atoms with Crippen LogP contribution in [0.1, 0.15) is 49.7 Å². The van der Waals surface area contributed by atoms with E-state index in [1.807, 2.05) is 0 Å². The zero-order valence-electron chi connectivity index (χ0n) is 13.6. The highest BCUT2D eigenvalue weighted by Gasteiger charge is 2.22. The zero-order chi connectivity index (χ0) is 16.5. The molecule has 5 nitrogen and oxygen atoms in total. The molecule has 1 aliphatic carbocycles. The Morgan fingerprint density at radius 3 is 3.00 bits per heavy atom. The third-order valence-electron chi connectivity index (χ3n) is 4.89. The van der Waals surface area contributed by atoms with Crippen LogP contribution in [0.3, 0.4) is 0 Å². The first kappa shape index (κ1) is 15.6. The predicted molar refractivity (Wildman–Crippen MR) is 95.3 cm³/mol. The predicted octanol–water partition coefficient (Wildman–Crippen LogP) is 3.17. The fourth-order valence-electron chi connectivity index (χ4n) is 3.70. The van der Waals surface area contributed by atoms with Gasteiger partial charge in [-0.25, -0.2) is 4.98 Å². The van der Waals surface area contributed by atoms with Crippen molar-refractivity contribution < 1.29 is 9.59 Å². The summed E-state index contributed by atoms with van der Waals surface area (Å²) in [7, 11) is 0. The van der Waals surface area contributed by atoms with E-state index in [0.29, 0.717) is 18.0 Å². The second-order valence-corrected chi connectivity index (χ2v) is 7.72. The molecule has 2 N–H and O–H groups in total. The van der Waals surface area contributed by atoms with E-state index in [9.17, 15) is 9.59 Å². The van der Waals surface area contributed by atoms with Crippen molar-refractivity contribution in [1.82, 2.24) is 10.3 Å². The van der Waals surface area contributed by atoms with Crippen molar-refractivity contribution in [3.63, 3.8) is 0 Å². The first-order chi connectivity index (χ1) is 11.7. The highest BCUT2D eigenvalue weighted by molar-refractivity contribution is 7.22. The molecule has 2 amide bonds. The molecule has 24 heavy (non-hydrogen) atoms. The van der Waals surface area contributed by atoms with Gasteiger partial charge in [0.05, 0.1) is 10.2 Å². The number of carbonyl (C=O) groups is 2. The standard InChI is InChI=1S/C18H21N3O2S/c22-15-7-3-5-12(19-15)10-16(23)20-18-21-17-13-6-2-1-4-11(13)8-9-14(17)24-18/h8-9,12H,1-7,10H2,(H,19,22)(H,20,21,23). The van der Waals surface area contributed by atoms with E-state index in [4.69, 9.17) is 0 Å². The Morgan fingerprint density at radius 1 is 1.25 bits per heavy atom. The van der Waals surface area contributed by atoms with Gasteiger partial charge in [-0.05, 0) is 55.7 Å². The third-order valence-corrected chi connectivity index (χ3v) is 5.82. The van der Waals surface area contributed by atoms with Gasteiger partial charge in [-0.15, -0.1) is 0 Å². The Labute approximate surface area is 144 Å². The fraction of sp³-hybridized carbons (Fsp3) is 0.500. The van der Waals surface area contributed by atoms with E-state index in [0.717, 1.165) is 35.9 Å². The lowest BCUT2D eigenvalue weighted by atomic mass is 9.91. The average molecular weight is 343 g/mol. The smallest absolute Gasteiger partial charge is 0.228 e. The Kier molecular flexibility index (Phi) is 4.22. The van der Waals surface area contributed by atoms with Crippen LogP contribution in [0.5, 0.6) is 0 Å². The van der Waals surface area contributed by atoms with Crippen molar-refractivity contribution in [1.29, 1.82) is 0 Å². The molecule has 1 atom stereocenters. The van der Waals surface area contributed by atoms with Crippen LogP contribution < -0.4 is 10.6 Å². The summed E-state index contributed by atoms with van der Waals surface area (Å²) >= 11 is 1.53. The topological polar surface area (TPSA) is 71.1 Å². The Bertz CT molecular complexity index is 799. The summed E-state index contributed by atoms with van der Waals surface area (Å²) in [5.41, 5.74) is 3.82. The number of thiazole rings is 1. The van der Waals surface area contributed by atoms with Gasteiger partial charge in [0, 0.05) is 18.9 Å². The molecule has 2 heterocycles. The number of nitrogens with zero attached hydrogens (tertiary/aromatic N) is 1. The summed E-state index contributed by atoms with van der Waals surface area (Å²) in [4.78, 5) is 28.3. The van der Waals surface area contributed by atoms with Gasteiger partial charge in [-0.2, -0.15) is 0 Å². The Balaban J connectivity index is 1.48. The highest BCUT2D eigenvalue weighted by atomic mass is 32.1. The first-order valence-electron chi connectivity index (χ1n) is 8.69. The lowest BCUT2D eigenvalue weighted by Crippen LogP contribution is -2.40. The molecule has 0 bridgehead atoms. The maximum Gasteiger partial charge on any atom is 0.228 e. The SMILES string of the molecule is O=C(CC1CCCC(=O)N1)Nc1nc2c3c(ccc2s1)CCCC3. The number of hydrogen-bond donors (Lipinski definition) is 2. The molecular formula is C18H21N3O2S. The van der Waals surface area contributed by atoms with Crippen LogP contribution in [0, 0.1) is 0 Å². The summed E-state index contributed by atoms with van der Waals surface area (Å²) in [6.45, 7) is 0. The number of nitrogens with one attached hydrogen (secondary N) is 2. The maximum atomic E-state index is 12.3. The lowest BCUT2D eigenvalue weighted by Gasteiger charge is -2.22. The molecule has 1 unspecified atom stereocenters. The number of hydrogen-bond acceptors (Lipinski definition) is 4. The van der Waals surface area contributed by atoms with Crippen LogP contribution in [0.4, 0.5) is 5.13 Å². The molecule has 0 saturated carbocycles. The van der Waals surface area contributed by atoms with Gasteiger partial charge in [-0.1, -0.05) is 17.4 Å². The summed E-state index contributed by atoms with van der Waals surface area (Å²) in [5, 5.41) is 6.46. The van der Waals surface area contributed by atoms with Crippen molar-refractivity contribution in [3.8, 4) is 0 Å². The van der Waals surface area contributed by atoms with Crippen molar-refractivity contribution in [2.24, 2.45) is 0 Å². The molecule has 6 heteroatoms. The molecule has 0 spiro atoms. The zero-order valence-corrected chi connectivity index (χ0v) is 14.4. The van der Waals surface area contributed by atoms with Crippen LogP contribution >= 0.6 is 11.3 Å². The van der Waals surface area contributed by atoms with Gasteiger partial charge < -0.3 is 10.6 Å². The number of anilines is 1. The van der Waals surface area contributed by atoms with E-state index in [2.05, 4.69) is 27.8 Å². The molecular weight excluding hydrogens is 322 g/mol. The minimum absolute atomic E-state index is 0.0469. The van der Waals surface area contributed by atoms with Crippen molar-refractivity contribution >= 4 is 38.5 Å². The third kappa shape index (κ3) is 3.15. The quantitative estimate of drug-likeness (QED) is 0.899. The van der Waals surface area contributed by atoms with Crippen LogP contribution in [0.25, 0.3) is 10.2 Å². The first-order valence-corrected chi connectivity index (χ1v) is 9.51. The number of carbonyl (C=O) groups excluding carboxylic acids is 2. The van der Waals surface area contributed by atoms with Crippen molar-refractivity contribution in [3.05, 3.63) is 23.3 Å². The van der Waals surface area contributed by atoms with E-state index in [-0.39, 0.29) is 17.9 Å². The Morgan fingerprint density at radius 2 is 2.12 bits per heavy atom. The second kappa shape index (κ2) is 6.51. The van der Waals surface area contributed by atoms with Gasteiger partial charge in [-0.3, -0.25) is 9.59 Å². The molecule has 1 fully saturated rings. The van der Waals surface area contributed by atoms with Gasteiger partial charge in [0.2, 0.25) is 11.8 Å². The molecule has 2 aliphatic rings. The average Bonchev–Trinajstić information content (AvgIpc) is 2.97. The molecule has 4 rings (SSSR count). The molecule has 126 valence electrons. The maximum absolute atomic E-state index is 12.3. The normalized spacial score (nSPS) is 20.5. The monoisotopic (exact) mass is 343 g/mol. The van der Waals surface area contributed by atoms with E-state index < -0.39 is 0 Å². The van der Waals surface area contributed by atoms with Gasteiger partial charge in [0.25, 0.3) is 0 Å². The summed E-state index contributed by atoms with van der Waals surface area (Å²) < 4.78 is 1.14. The lowest BCUT2D eigenvalue weighted by molar-refractivity contribution is -0.124. The minimum atomic E-state index is -0.0740. The van der Waals surface area contributed by atoms with Crippen LogP contribution in [-0.4, -0.2) is 22.8 Å². The number of piperidine rings is 1.